The van der Waals surface area contributed by atoms with Crippen LogP contribution in [-0.2, 0) is 0 Å². The summed E-state index contributed by atoms with van der Waals surface area (Å²) < 4.78 is 4.96. The van der Waals surface area contributed by atoms with Crippen LogP contribution in [0.5, 0.6) is 5.88 Å². The number of nitriles is 1. The Balaban J connectivity index is 2.73. The number of pyridine rings is 1. The molecule has 0 saturated carbocycles. The van der Waals surface area contributed by atoms with Gasteiger partial charge in [0.05, 0.1) is 18.2 Å². The van der Waals surface area contributed by atoms with Crippen LogP contribution >= 0.6 is 0 Å². The molecule has 2 aromatic heterocycles. The van der Waals surface area contributed by atoms with E-state index < -0.39 is 0 Å². The summed E-state index contributed by atoms with van der Waals surface area (Å²) in [5, 5.41) is 8.74. The highest BCUT2D eigenvalue weighted by atomic mass is 16.5. The lowest BCUT2D eigenvalue weighted by Gasteiger charge is -1.96. The predicted molar refractivity (Wildman–Crippen MR) is 47.4 cm³/mol. The Morgan fingerprint density at radius 3 is 3.08 bits per heavy atom. The lowest BCUT2D eigenvalue weighted by Crippen LogP contribution is -1.86. The lowest BCUT2D eigenvalue weighted by molar-refractivity contribution is 0.399. The molecular weight excluding hydrogens is 166 g/mol. The highest BCUT2D eigenvalue weighted by Crippen LogP contribution is 2.18. The minimum atomic E-state index is 0.517. The average molecular weight is 173 g/mol. The van der Waals surface area contributed by atoms with Gasteiger partial charge in [0.2, 0.25) is 5.88 Å². The van der Waals surface area contributed by atoms with Gasteiger partial charge in [-0.1, -0.05) is 0 Å². The van der Waals surface area contributed by atoms with E-state index in [0.29, 0.717) is 17.0 Å². The maximum atomic E-state index is 8.74. The third-order valence-electron chi connectivity index (χ3n) is 1.83. The Labute approximate surface area is 74.8 Å². The third kappa shape index (κ3) is 1.11. The Kier molecular flexibility index (Phi) is 1.64. The van der Waals surface area contributed by atoms with Gasteiger partial charge < -0.3 is 9.72 Å². The largest absolute Gasteiger partial charge is 0.481 e. The van der Waals surface area contributed by atoms with Crippen molar-refractivity contribution in [2.24, 2.45) is 0 Å². The van der Waals surface area contributed by atoms with Gasteiger partial charge in [-0.15, -0.1) is 0 Å². The van der Waals surface area contributed by atoms with Gasteiger partial charge >= 0.3 is 0 Å². The number of methoxy groups -OCH3 is 1. The first kappa shape index (κ1) is 7.62. The topological polar surface area (TPSA) is 61.7 Å². The monoisotopic (exact) mass is 173 g/mol. The Bertz CT molecular complexity index is 481. The van der Waals surface area contributed by atoms with Crippen molar-refractivity contribution in [3.05, 3.63) is 23.9 Å². The molecule has 0 bridgehead atoms. The van der Waals surface area contributed by atoms with Crippen LogP contribution in [0.1, 0.15) is 5.56 Å². The van der Waals surface area contributed by atoms with Crippen molar-refractivity contribution < 1.29 is 4.74 Å². The maximum Gasteiger partial charge on any atom is 0.213 e. The fourth-order valence-electron chi connectivity index (χ4n) is 1.18. The van der Waals surface area contributed by atoms with E-state index in [9.17, 15) is 0 Å². The number of fused-ring (bicyclic) bond motifs is 1. The van der Waals surface area contributed by atoms with E-state index in [1.54, 1.807) is 19.4 Å². The van der Waals surface area contributed by atoms with E-state index in [4.69, 9.17) is 10.00 Å². The Morgan fingerprint density at radius 1 is 1.54 bits per heavy atom. The van der Waals surface area contributed by atoms with E-state index in [2.05, 4.69) is 16.0 Å². The number of nitrogens with one attached hydrogen (secondary N) is 1. The quantitative estimate of drug-likeness (QED) is 0.709. The van der Waals surface area contributed by atoms with Crippen LogP contribution < -0.4 is 4.74 Å². The Morgan fingerprint density at radius 2 is 2.38 bits per heavy atom. The van der Waals surface area contributed by atoms with Gasteiger partial charge in [0, 0.05) is 12.3 Å². The van der Waals surface area contributed by atoms with Crippen LogP contribution in [0.2, 0.25) is 0 Å². The number of nitrogens with zero attached hydrogens (tertiary/aromatic N) is 2. The van der Waals surface area contributed by atoms with Crippen LogP contribution in [0.15, 0.2) is 18.3 Å². The van der Waals surface area contributed by atoms with Crippen LogP contribution in [-0.4, -0.2) is 17.1 Å². The molecule has 0 fully saturated rings. The average Bonchev–Trinajstić information content (AvgIpc) is 2.59. The number of ether oxygens (including phenoxy) is 1. The second-order valence-corrected chi connectivity index (χ2v) is 2.56. The SMILES string of the molecule is COc1ccc2[nH]cc(C#N)c2n1. The summed E-state index contributed by atoms with van der Waals surface area (Å²) in [4.78, 5) is 7.10. The summed E-state index contributed by atoms with van der Waals surface area (Å²) >= 11 is 0. The summed E-state index contributed by atoms with van der Waals surface area (Å²) in [7, 11) is 1.55. The lowest BCUT2D eigenvalue weighted by atomic mass is 10.3. The van der Waals surface area contributed by atoms with Crippen LogP contribution in [0.25, 0.3) is 11.0 Å². The molecule has 2 heterocycles. The summed E-state index contributed by atoms with van der Waals surface area (Å²) in [5.74, 6) is 0.517. The smallest absolute Gasteiger partial charge is 0.213 e. The number of aromatic nitrogens is 2. The van der Waals surface area contributed by atoms with E-state index in [-0.39, 0.29) is 0 Å². The molecule has 0 radical (unpaired) electrons. The number of hydrogen-bond acceptors (Lipinski definition) is 3. The zero-order valence-corrected chi connectivity index (χ0v) is 7.03. The molecule has 4 nitrogen and oxygen atoms in total. The summed E-state index contributed by atoms with van der Waals surface area (Å²) in [6, 6.07) is 5.64. The van der Waals surface area contributed by atoms with Crippen molar-refractivity contribution in [3.63, 3.8) is 0 Å². The number of H-pyrrole nitrogens is 1. The van der Waals surface area contributed by atoms with E-state index in [1.165, 1.54) is 0 Å². The Hall–Kier alpha value is -2.02. The first-order valence-electron chi connectivity index (χ1n) is 3.77. The van der Waals surface area contributed by atoms with Gasteiger partial charge in [-0.05, 0) is 6.07 Å². The molecule has 0 aliphatic carbocycles. The summed E-state index contributed by atoms with van der Waals surface area (Å²) in [6.45, 7) is 0. The molecule has 1 N–H and O–H groups in total. The first-order chi connectivity index (χ1) is 6.35. The maximum absolute atomic E-state index is 8.74. The molecular formula is C9H7N3O. The molecule has 0 spiro atoms. The number of hydrogen-bond donors (Lipinski definition) is 1. The fourth-order valence-corrected chi connectivity index (χ4v) is 1.18. The molecule has 0 unspecified atom stereocenters. The van der Waals surface area contributed by atoms with Gasteiger partial charge in [-0.2, -0.15) is 5.26 Å². The second kappa shape index (κ2) is 2.79. The van der Waals surface area contributed by atoms with Crippen molar-refractivity contribution in [1.29, 1.82) is 5.26 Å². The van der Waals surface area contributed by atoms with Gasteiger partial charge in [0.15, 0.2) is 0 Å². The normalized spacial score (nSPS) is 9.85. The summed E-state index contributed by atoms with van der Waals surface area (Å²) in [5.41, 5.74) is 2.04. The molecule has 0 atom stereocenters. The van der Waals surface area contributed by atoms with Crippen molar-refractivity contribution in [2.45, 2.75) is 0 Å². The molecule has 4 heteroatoms. The van der Waals surface area contributed by atoms with Gasteiger partial charge in [0.25, 0.3) is 0 Å². The molecule has 0 amide bonds. The van der Waals surface area contributed by atoms with Crippen LogP contribution in [0.3, 0.4) is 0 Å². The molecule has 2 aromatic rings. The third-order valence-corrected chi connectivity index (χ3v) is 1.83. The predicted octanol–water partition coefficient (Wildman–Crippen LogP) is 1.44. The number of aromatic amines is 1. The molecule has 2 rings (SSSR count). The molecule has 0 aliphatic heterocycles. The summed E-state index contributed by atoms with van der Waals surface area (Å²) in [6.07, 6.45) is 1.64. The minimum absolute atomic E-state index is 0.517. The second-order valence-electron chi connectivity index (χ2n) is 2.56. The highest BCUT2D eigenvalue weighted by molar-refractivity contribution is 5.81. The highest BCUT2D eigenvalue weighted by Gasteiger charge is 2.04. The van der Waals surface area contributed by atoms with Crippen LogP contribution in [0, 0.1) is 11.3 Å². The molecule has 13 heavy (non-hydrogen) atoms. The fraction of sp³-hybridized carbons (Fsp3) is 0.111. The molecule has 64 valence electrons. The van der Waals surface area contributed by atoms with E-state index in [0.717, 1.165) is 5.52 Å². The van der Waals surface area contributed by atoms with E-state index in [1.807, 2.05) is 6.07 Å². The zero-order valence-electron chi connectivity index (χ0n) is 7.03. The molecule has 0 aromatic carbocycles. The number of rotatable bonds is 1. The van der Waals surface area contributed by atoms with E-state index >= 15 is 0 Å². The molecule has 0 saturated heterocycles. The van der Waals surface area contributed by atoms with Crippen molar-refractivity contribution in [2.75, 3.05) is 7.11 Å². The van der Waals surface area contributed by atoms with Crippen molar-refractivity contribution in [3.8, 4) is 11.9 Å². The molecule has 0 aliphatic rings. The van der Waals surface area contributed by atoms with Gasteiger partial charge in [-0.25, -0.2) is 4.98 Å². The minimum Gasteiger partial charge on any atom is -0.481 e. The van der Waals surface area contributed by atoms with Gasteiger partial charge in [0.1, 0.15) is 11.6 Å². The van der Waals surface area contributed by atoms with Gasteiger partial charge in [-0.3, -0.25) is 0 Å². The standard InChI is InChI=1S/C9H7N3O/c1-13-8-3-2-7-9(12-8)6(4-10)5-11-7/h2-3,5,11H,1H3. The first-order valence-corrected chi connectivity index (χ1v) is 3.77. The zero-order chi connectivity index (χ0) is 9.26. The van der Waals surface area contributed by atoms with Crippen molar-refractivity contribution >= 4 is 11.0 Å². The van der Waals surface area contributed by atoms with Crippen molar-refractivity contribution in [1.82, 2.24) is 9.97 Å². The van der Waals surface area contributed by atoms with Crippen LogP contribution in [0.4, 0.5) is 0 Å².